The zero-order valence-corrected chi connectivity index (χ0v) is 12.3. The van der Waals surface area contributed by atoms with Gasteiger partial charge in [-0.25, -0.2) is 0 Å². The van der Waals surface area contributed by atoms with Crippen LogP contribution in [0.2, 0.25) is 0 Å². The molecule has 2 N–H and O–H groups in total. The van der Waals surface area contributed by atoms with Crippen LogP contribution in [0, 0.1) is 5.92 Å². The minimum absolute atomic E-state index is 0.227. The summed E-state index contributed by atoms with van der Waals surface area (Å²) in [5, 5.41) is 0. The van der Waals surface area contributed by atoms with Crippen molar-refractivity contribution in [3.05, 3.63) is 21.4 Å². The van der Waals surface area contributed by atoms with Crippen molar-refractivity contribution in [2.75, 3.05) is 13.1 Å². The fraction of sp³-hybridized carbons (Fsp3) is 0.667. The number of nitrogens with two attached hydrogens (primary N) is 1. The summed E-state index contributed by atoms with van der Waals surface area (Å²) in [5.41, 5.74) is 7.18. The molecule has 3 rings (SSSR count). The Bertz CT molecular complexity index is 461. The third-order valence-electron chi connectivity index (χ3n) is 4.53. The van der Waals surface area contributed by atoms with E-state index in [2.05, 4.69) is 13.0 Å². The molecule has 0 saturated carbocycles. The third-order valence-corrected chi connectivity index (χ3v) is 5.76. The number of aryl methyl sites for hydroxylation is 2. The maximum Gasteiger partial charge on any atom is 0.264 e. The number of nitrogens with zero attached hydrogens (tertiary/aromatic N) is 1. The van der Waals surface area contributed by atoms with Crippen LogP contribution in [0.4, 0.5) is 0 Å². The lowest BCUT2D eigenvalue weighted by Crippen LogP contribution is -2.46. The zero-order chi connectivity index (χ0) is 13.4. The molecule has 19 heavy (non-hydrogen) atoms. The molecule has 1 aliphatic carbocycles. The zero-order valence-electron chi connectivity index (χ0n) is 11.5. The Morgan fingerprint density at radius 1 is 1.47 bits per heavy atom. The van der Waals surface area contributed by atoms with Crippen molar-refractivity contribution in [2.24, 2.45) is 11.7 Å². The highest BCUT2D eigenvalue weighted by Gasteiger charge is 2.30. The summed E-state index contributed by atoms with van der Waals surface area (Å²) in [7, 11) is 0. The van der Waals surface area contributed by atoms with E-state index in [0.29, 0.717) is 18.5 Å². The molecule has 3 nitrogen and oxygen atoms in total. The van der Waals surface area contributed by atoms with Crippen LogP contribution in [0.1, 0.15) is 46.3 Å². The van der Waals surface area contributed by atoms with Gasteiger partial charge >= 0.3 is 0 Å². The molecule has 2 atom stereocenters. The molecule has 1 aliphatic heterocycles. The number of piperidine rings is 1. The summed E-state index contributed by atoms with van der Waals surface area (Å²) in [6.45, 7) is 3.68. The largest absolute Gasteiger partial charge is 0.335 e. The normalized spacial score (nSPS) is 26.5. The Hall–Kier alpha value is -0.870. The highest BCUT2D eigenvalue weighted by molar-refractivity contribution is 7.14. The van der Waals surface area contributed by atoms with Crippen molar-refractivity contribution in [2.45, 2.75) is 45.1 Å². The molecule has 4 heteroatoms. The first-order valence-corrected chi connectivity index (χ1v) is 8.13. The van der Waals surface area contributed by atoms with Crippen LogP contribution in [0.5, 0.6) is 0 Å². The van der Waals surface area contributed by atoms with E-state index in [-0.39, 0.29) is 5.91 Å². The first kappa shape index (κ1) is 13.1. The van der Waals surface area contributed by atoms with Gasteiger partial charge in [0.1, 0.15) is 0 Å². The number of carbonyl (C=O) groups is 1. The van der Waals surface area contributed by atoms with Gasteiger partial charge in [-0.2, -0.15) is 0 Å². The van der Waals surface area contributed by atoms with Gasteiger partial charge in [-0.05, 0) is 63.1 Å². The van der Waals surface area contributed by atoms with E-state index < -0.39 is 0 Å². The van der Waals surface area contributed by atoms with Crippen LogP contribution < -0.4 is 5.73 Å². The quantitative estimate of drug-likeness (QED) is 0.903. The Balaban J connectivity index is 1.77. The van der Waals surface area contributed by atoms with Crippen molar-refractivity contribution in [1.82, 2.24) is 4.90 Å². The van der Waals surface area contributed by atoms with Crippen molar-refractivity contribution in [3.8, 4) is 0 Å². The van der Waals surface area contributed by atoms with E-state index in [1.165, 1.54) is 16.9 Å². The van der Waals surface area contributed by atoms with Crippen LogP contribution in [-0.2, 0) is 12.8 Å². The van der Waals surface area contributed by atoms with E-state index in [1.54, 1.807) is 11.3 Å². The smallest absolute Gasteiger partial charge is 0.264 e. The molecule has 2 unspecified atom stereocenters. The maximum atomic E-state index is 12.7. The Morgan fingerprint density at radius 3 is 3.05 bits per heavy atom. The Kier molecular flexibility index (Phi) is 3.63. The van der Waals surface area contributed by atoms with Gasteiger partial charge in [0, 0.05) is 17.5 Å². The Morgan fingerprint density at radius 2 is 2.32 bits per heavy atom. The molecule has 1 amide bonds. The fourth-order valence-electron chi connectivity index (χ4n) is 3.23. The second-order valence-electron chi connectivity index (χ2n) is 5.90. The van der Waals surface area contributed by atoms with Gasteiger partial charge in [-0.3, -0.25) is 4.79 Å². The number of fused-ring (bicyclic) bond motifs is 1. The van der Waals surface area contributed by atoms with Crippen LogP contribution in [0.25, 0.3) is 0 Å². The fourth-order valence-corrected chi connectivity index (χ4v) is 4.44. The molecular weight excluding hydrogens is 256 g/mol. The molecule has 0 aromatic carbocycles. The molecule has 1 fully saturated rings. The molecule has 0 bridgehead atoms. The average Bonchev–Trinajstić information content (AvgIpc) is 2.99. The van der Waals surface area contributed by atoms with E-state index >= 15 is 0 Å². The molecule has 0 spiro atoms. The van der Waals surface area contributed by atoms with Gasteiger partial charge < -0.3 is 10.6 Å². The van der Waals surface area contributed by atoms with Crippen LogP contribution >= 0.6 is 11.3 Å². The number of rotatable bonds is 2. The number of likely N-dealkylation sites (tertiary alicyclic amines) is 1. The summed E-state index contributed by atoms with van der Waals surface area (Å²) in [5.74, 6) is 0.706. The lowest BCUT2D eigenvalue weighted by atomic mass is 9.93. The Labute approximate surface area is 118 Å². The number of hydrogen-bond donors (Lipinski definition) is 1. The summed E-state index contributed by atoms with van der Waals surface area (Å²) >= 11 is 1.71. The third kappa shape index (κ3) is 2.43. The first-order valence-electron chi connectivity index (χ1n) is 7.31. The van der Waals surface area contributed by atoms with Gasteiger partial charge in [0.05, 0.1) is 4.88 Å². The lowest BCUT2D eigenvalue weighted by Gasteiger charge is -2.37. The van der Waals surface area contributed by atoms with Gasteiger partial charge in [0.25, 0.3) is 5.91 Å². The lowest BCUT2D eigenvalue weighted by molar-refractivity contribution is 0.0572. The maximum absolute atomic E-state index is 12.7. The van der Waals surface area contributed by atoms with Gasteiger partial charge in [0.2, 0.25) is 0 Å². The molecule has 1 aromatic rings. The monoisotopic (exact) mass is 278 g/mol. The SMILES string of the molecule is CC1CCC(CN)CN1C(=O)c1cc2c(s1)CCC2. The molecule has 1 aromatic heterocycles. The van der Waals surface area contributed by atoms with E-state index in [0.717, 1.165) is 37.1 Å². The highest BCUT2D eigenvalue weighted by atomic mass is 32.1. The predicted octanol–water partition coefficient (Wildman–Crippen LogP) is 2.44. The topological polar surface area (TPSA) is 46.3 Å². The summed E-state index contributed by atoms with van der Waals surface area (Å²) < 4.78 is 0. The van der Waals surface area contributed by atoms with E-state index in [9.17, 15) is 4.79 Å². The molecule has 1 saturated heterocycles. The highest BCUT2D eigenvalue weighted by Crippen LogP contribution is 2.32. The number of thiophene rings is 1. The van der Waals surface area contributed by atoms with Crippen LogP contribution in [0.15, 0.2) is 6.07 Å². The molecule has 2 aliphatic rings. The number of amides is 1. The number of carbonyl (C=O) groups excluding carboxylic acids is 1. The molecule has 2 heterocycles. The summed E-state index contributed by atoms with van der Waals surface area (Å²) in [6.07, 6.45) is 5.81. The summed E-state index contributed by atoms with van der Waals surface area (Å²) in [6, 6.07) is 2.49. The standard InChI is InChI=1S/C15H22N2OS/c1-10-5-6-11(8-16)9-17(10)15(18)14-7-12-3-2-4-13(12)19-14/h7,10-11H,2-6,8-9,16H2,1H3. The minimum Gasteiger partial charge on any atom is -0.335 e. The van der Waals surface area contributed by atoms with Crippen molar-refractivity contribution >= 4 is 17.2 Å². The van der Waals surface area contributed by atoms with Gasteiger partial charge in [0.15, 0.2) is 0 Å². The van der Waals surface area contributed by atoms with Crippen LogP contribution in [-0.4, -0.2) is 29.9 Å². The number of hydrogen-bond acceptors (Lipinski definition) is 3. The van der Waals surface area contributed by atoms with E-state index in [1.807, 2.05) is 4.90 Å². The van der Waals surface area contributed by atoms with Crippen molar-refractivity contribution in [3.63, 3.8) is 0 Å². The van der Waals surface area contributed by atoms with Gasteiger partial charge in [-0.1, -0.05) is 0 Å². The molecule has 104 valence electrons. The second-order valence-corrected chi connectivity index (χ2v) is 7.03. The van der Waals surface area contributed by atoms with Crippen molar-refractivity contribution < 1.29 is 4.79 Å². The van der Waals surface area contributed by atoms with E-state index in [4.69, 9.17) is 5.73 Å². The van der Waals surface area contributed by atoms with Crippen molar-refractivity contribution in [1.29, 1.82) is 0 Å². The molecule has 0 radical (unpaired) electrons. The average molecular weight is 278 g/mol. The predicted molar refractivity (Wildman–Crippen MR) is 78.6 cm³/mol. The summed E-state index contributed by atoms with van der Waals surface area (Å²) in [4.78, 5) is 17.1. The second kappa shape index (κ2) is 5.25. The minimum atomic E-state index is 0.227. The van der Waals surface area contributed by atoms with Gasteiger partial charge in [-0.15, -0.1) is 11.3 Å². The van der Waals surface area contributed by atoms with Crippen LogP contribution in [0.3, 0.4) is 0 Å². The first-order chi connectivity index (χ1) is 9.19. The molecular formula is C15H22N2OS.